The summed E-state index contributed by atoms with van der Waals surface area (Å²) in [7, 11) is 2.81. The first-order valence-corrected chi connectivity index (χ1v) is 14.5. The van der Waals surface area contributed by atoms with E-state index >= 15 is 0 Å². The number of hydrogen-bond acceptors (Lipinski definition) is 15. The maximum absolute atomic E-state index is 12.9. The van der Waals surface area contributed by atoms with Crippen LogP contribution in [0.25, 0.3) is 10.8 Å². The molecule has 2 aliphatic heterocycles. The van der Waals surface area contributed by atoms with Gasteiger partial charge in [-0.15, -0.1) is 32.9 Å². The lowest BCUT2D eigenvalue weighted by Gasteiger charge is -2.51. The molecule has 1 fully saturated rings. The maximum atomic E-state index is 12.9. The summed E-state index contributed by atoms with van der Waals surface area (Å²) in [4.78, 5) is 47.3. The van der Waals surface area contributed by atoms with E-state index in [1.165, 1.54) is 42.2 Å². The fourth-order valence-electron chi connectivity index (χ4n) is 3.99. The normalized spacial score (nSPS) is 20.6. The van der Waals surface area contributed by atoms with Crippen molar-refractivity contribution >= 4 is 75.3 Å². The lowest BCUT2D eigenvalue weighted by atomic mass is 9.98. The highest BCUT2D eigenvalue weighted by molar-refractivity contribution is 8.01. The van der Waals surface area contributed by atoms with Crippen LogP contribution < -0.4 is 15.8 Å². The number of amides is 2. The average Bonchev–Trinajstić information content (AvgIpc) is 3.66. The number of fused-ring (bicyclic) bond motifs is 1. The molecule has 0 saturated carbocycles. The number of nitrogen functional groups attached to an aromatic ring is 1. The maximum Gasteiger partial charge on any atom is 0.352 e. The van der Waals surface area contributed by atoms with Gasteiger partial charge in [0.05, 0.1) is 24.6 Å². The lowest BCUT2D eigenvalue weighted by molar-refractivity contribution is -0.146. The summed E-state index contributed by atoms with van der Waals surface area (Å²) in [6, 6.07) is 1.77. The number of hydrogen-bond donors (Lipinski definition) is 3. The Balaban J connectivity index is 1.57. The number of nitrogens with one attached hydrogen (secondary N) is 1. The molecule has 0 radical (unpaired) electrons. The summed E-state index contributed by atoms with van der Waals surface area (Å²) in [5.41, 5.74) is 6.14. The van der Waals surface area contributed by atoms with Crippen LogP contribution in [0.2, 0.25) is 0 Å². The van der Waals surface area contributed by atoms with Gasteiger partial charge in [-0.1, -0.05) is 28.7 Å². The minimum absolute atomic E-state index is 0.0620. The van der Waals surface area contributed by atoms with E-state index in [4.69, 9.17) is 14.9 Å². The molecular formula is C21H19N7O7S4. The molecule has 0 aromatic carbocycles. The molecule has 2 aliphatic rings. The number of thiophene rings is 1. The Kier molecular flexibility index (Phi) is 7.52. The zero-order valence-electron chi connectivity index (χ0n) is 20.1. The van der Waals surface area contributed by atoms with Crippen LogP contribution in [0.15, 0.2) is 42.9 Å². The van der Waals surface area contributed by atoms with Crippen LogP contribution in [0, 0.1) is 0 Å². The van der Waals surface area contributed by atoms with Crippen molar-refractivity contribution in [2.45, 2.75) is 21.9 Å². The van der Waals surface area contributed by atoms with Crippen LogP contribution in [0.5, 0.6) is 5.75 Å². The molecule has 0 bridgehead atoms. The summed E-state index contributed by atoms with van der Waals surface area (Å²) in [5.74, 6) is -1.62. The predicted octanol–water partition coefficient (Wildman–Crippen LogP) is 2.18. The number of aromatic nitrogens is 3. The molecule has 18 heteroatoms. The number of β-lactam (4-membered cyclic amide) rings is 1. The standard InChI is InChI=1S/C21H19N7O7S4/c1-33-10-3-4-36-16(10)17-26-27-20(35-17)38-7-9-15(18(31)32)28-13(30)5-14(28)39-21(9,11-8-37-19(22)24-11)25-12(29)6-23-34-2/h3-4,6,8,14H,5,7H2,1-2H3,(H2,22,24)(H,25,29)(H,31,32)/t14-,21?/m0/s1. The van der Waals surface area contributed by atoms with Gasteiger partial charge in [-0.25, -0.2) is 9.78 Å². The molecule has 5 heterocycles. The average molecular weight is 610 g/mol. The van der Waals surface area contributed by atoms with Crippen molar-refractivity contribution in [3.63, 3.8) is 0 Å². The molecule has 2 amide bonds. The Bertz CT molecular complexity index is 1500. The van der Waals surface area contributed by atoms with Crippen molar-refractivity contribution in [3.8, 4) is 16.5 Å². The van der Waals surface area contributed by atoms with Crippen molar-refractivity contribution < 1.29 is 33.5 Å². The largest absolute Gasteiger partial charge is 0.495 e. The highest BCUT2D eigenvalue weighted by Crippen LogP contribution is 2.55. The highest BCUT2D eigenvalue weighted by Gasteiger charge is 2.57. The number of carbonyl (C=O) groups is 3. The lowest BCUT2D eigenvalue weighted by Crippen LogP contribution is -2.61. The van der Waals surface area contributed by atoms with E-state index in [9.17, 15) is 19.5 Å². The van der Waals surface area contributed by atoms with Gasteiger partial charge in [-0.2, -0.15) is 0 Å². The third-order valence-corrected chi connectivity index (χ3v) is 9.58. The molecule has 204 valence electrons. The van der Waals surface area contributed by atoms with Crippen LogP contribution in [0.1, 0.15) is 12.1 Å². The highest BCUT2D eigenvalue weighted by atomic mass is 32.2. The Labute approximate surface area is 236 Å². The minimum Gasteiger partial charge on any atom is -0.495 e. The van der Waals surface area contributed by atoms with Gasteiger partial charge >= 0.3 is 5.97 Å². The van der Waals surface area contributed by atoms with Crippen LogP contribution >= 0.6 is 46.2 Å². The number of methoxy groups -OCH3 is 1. The molecule has 0 spiro atoms. The van der Waals surface area contributed by atoms with Gasteiger partial charge in [0, 0.05) is 16.7 Å². The summed E-state index contributed by atoms with van der Waals surface area (Å²) in [6.45, 7) is 0. The molecular weight excluding hydrogens is 591 g/mol. The van der Waals surface area contributed by atoms with Crippen LogP contribution in [-0.2, 0) is 24.1 Å². The second-order valence-corrected chi connectivity index (χ2v) is 11.9. The zero-order chi connectivity index (χ0) is 27.7. The van der Waals surface area contributed by atoms with E-state index in [2.05, 4.69) is 30.5 Å². The molecule has 3 aromatic heterocycles. The number of thiazole rings is 1. The van der Waals surface area contributed by atoms with Gasteiger partial charge in [0.15, 0.2) is 10.0 Å². The van der Waals surface area contributed by atoms with Gasteiger partial charge in [0.2, 0.25) is 5.91 Å². The molecule has 0 aliphatic carbocycles. The van der Waals surface area contributed by atoms with Gasteiger partial charge in [0.25, 0.3) is 17.0 Å². The van der Waals surface area contributed by atoms with Crippen molar-refractivity contribution in [2.75, 3.05) is 25.7 Å². The van der Waals surface area contributed by atoms with Crippen molar-refractivity contribution in [1.29, 1.82) is 0 Å². The molecule has 1 unspecified atom stereocenters. The quantitative estimate of drug-likeness (QED) is 0.131. The van der Waals surface area contributed by atoms with Crippen molar-refractivity contribution in [1.82, 2.24) is 25.4 Å². The number of rotatable bonds is 10. The Hall–Kier alpha value is -3.61. The third-order valence-electron chi connectivity index (χ3n) is 5.62. The zero-order valence-corrected chi connectivity index (χ0v) is 23.4. The number of nitrogens with zero attached hydrogens (tertiary/aromatic N) is 5. The summed E-state index contributed by atoms with van der Waals surface area (Å²) in [5, 5.41) is 28.0. The third kappa shape index (κ3) is 4.95. The van der Waals surface area contributed by atoms with E-state index in [1.807, 2.05) is 5.38 Å². The van der Waals surface area contributed by atoms with E-state index in [1.54, 1.807) is 11.4 Å². The number of aliphatic carboxylic acids is 1. The fourth-order valence-corrected chi connectivity index (χ4v) is 8.06. The van der Waals surface area contributed by atoms with Gasteiger partial charge < -0.3 is 30.1 Å². The summed E-state index contributed by atoms with van der Waals surface area (Å²) in [6.07, 6.45) is 1.00. The van der Waals surface area contributed by atoms with Gasteiger partial charge in [-0.3, -0.25) is 14.5 Å². The predicted molar refractivity (Wildman–Crippen MR) is 144 cm³/mol. The van der Waals surface area contributed by atoms with Crippen LogP contribution in [0.4, 0.5) is 5.13 Å². The molecule has 14 nitrogen and oxygen atoms in total. The molecule has 5 rings (SSSR count). The number of carboxylic acids is 1. The first-order valence-electron chi connectivity index (χ1n) is 10.9. The van der Waals surface area contributed by atoms with Crippen molar-refractivity contribution in [3.05, 3.63) is 33.8 Å². The number of nitrogens with two attached hydrogens (primary N) is 1. The van der Waals surface area contributed by atoms with Crippen LogP contribution in [0.3, 0.4) is 0 Å². The number of oxime groups is 1. The number of ether oxygens (including phenoxy) is 1. The Morgan fingerprint density at radius 3 is 2.90 bits per heavy atom. The topological polar surface area (TPSA) is 195 Å². The first-order chi connectivity index (χ1) is 18.8. The first kappa shape index (κ1) is 27.0. The second kappa shape index (κ2) is 10.9. The van der Waals surface area contributed by atoms with E-state index < -0.39 is 22.1 Å². The number of anilines is 1. The summed E-state index contributed by atoms with van der Waals surface area (Å²) < 4.78 is 11.1. The summed E-state index contributed by atoms with van der Waals surface area (Å²) >= 11 is 4.71. The van der Waals surface area contributed by atoms with Crippen molar-refractivity contribution in [2.24, 2.45) is 5.16 Å². The molecule has 39 heavy (non-hydrogen) atoms. The second-order valence-electron chi connectivity index (χ2n) is 7.81. The van der Waals surface area contributed by atoms with E-state index in [0.717, 1.165) is 29.3 Å². The molecule has 4 N–H and O–H groups in total. The van der Waals surface area contributed by atoms with E-state index in [0.29, 0.717) is 16.3 Å². The van der Waals surface area contributed by atoms with Crippen LogP contribution in [-0.4, -0.2) is 74.5 Å². The SMILES string of the molecule is CON=CC(=O)NC1(c2csc(N)n2)S[C@H]2CC(=O)N2C(C(=O)O)=C1CSc1nnc(-c2sccc2OC)o1. The van der Waals surface area contributed by atoms with E-state index in [-0.39, 0.29) is 45.6 Å². The Morgan fingerprint density at radius 2 is 2.23 bits per heavy atom. The molecule has 2 atom stereocenters. The van der Waals surface area contributed by atoms with Gasteiger partial charge in [-0.05, 0) is 11.4 Å². The number of carboxylic acid groups (broad SMARTS) is 1. The molecule has 3 aromatic rings. The number of thioether (sulfide) groups is 2. The molecule has 1 saturated heterocycles. The van der Waals surface area contributed by atoms with Gasteiger partial charge in [0.1, 0.15) is 29.6 Å². The monoisotopic (exact) mass is 609 g/mol. The smallest absolute Gasteiger partial charge is 0.352 e. The number of carbonyl (C=O) groups excluding carboxylic acids is 2. The minimum atomic E-state index is -1.51. The Morgan fingerprint density at radius 1 is 1.41 bits per heavy atom. The fraction of sp³-hybridized carbons (Fsp3) is 0.286.